The van der Waals surface area contributed by atoms with Crippen LogP contribution < -0.4 is 5.56 Å². The van der Waals surface area contributed by atoms with Gasteiger partial charge in [-0.2, -0.15) is 0 Å². The summed E-state index contributed by atoms with van der Waals surface area (Å²) < 4.78 is 1.81. The van der Waals surface area contributed by atoms with Gasteiger partial charge >= 0.3 is 0 Å². The molecule has 1 aromatic heterocycles. The summed E-state index contributed by atoms with van der Waals surface area (Å²) >= 11 is 0. The predicted octanol–water partition coefficient (Wildman–Crippen LogP) is 0.962. The van der Waals surface area contributed by atoms with Gasteiger partial charge in [0.25, 0.3) is 5.56 Å². The van der Waals surface area contributed by atoms with Crippen LogP contribution in [0.5, 0.6) is 0 Å². The molecule has 64 valence electrons. The molecule has 0 radical (unpaired) electrons. The molecule has 2 rings (SSSR count). The molecule has 0 aromatic carbocycles. The van der Waals surface area contributed by atoms with Crippen molar-refractivity contribution >= 4 is 0 Å². The third-order valence-corrected chi connectivity index (χ3v) is 2.28. The lowest BCUT2D eigenvalue weighted by atomic mass is 10.4. The minimum Gasteiger partial charge on any atom is -0.310 e. The Labute approximate surface area is 71.1 Å². The average Bonchev–Trinajstić information content (AvgIpc) is 2.80. The molecule has 1 heterocycles. The summed E-state index contributed by atoms with van der Waals surface area (Å²) in [6, 6.07) is 0. The van der Waals surface area contributed by atoms with E-state index in [0.29, 0.717) is 0 Å². The molecule has 0 N–H and O–H groups in total. The first-order valence-electron chi connectivity index (χ1n) is 4.29. The summed E-state index contributed by atoms with van der Waals surface area (Å²) in [6.07, 6.45) is 5.67. The number of aromatic nitrogens is 2. The van der Waals surface area contributed by atoms with Crippen molar-refractivity contribution < 1.29 is 0 Å². The van der Waals surface area contributed by atoms with E-state index in [1.165, 1.54) is 19.0 Å². The molecule has 0 amide bonds. The van der Waals surface area contributed by atoms with Crippen LogP contribution in [0, 0.1) is 12.8 Å². The van der Waals surface area contributed by atoms with Gasteiger partial charge in [-0.05, 0) is 25.7 Å². The molecule has 3 heteroatoms. The van der Waals surface area contributed by atoms with Crippen LogP contribution >= 0.6 is 0 Å². The molecule has 3 nitrogen and oxygen atoms in total. The van der Waals surface area contributed by atoms with Crippen molar-refractivity contribution in [2.45, 2.75) is 26.3 Å². The Morgan fingerprint density at radius 3 is 2.92 bits per heavy atom. The van der Waals surface area contributed by atoms with E-state index in [-0.39, 0.29) is 5.56 Å². The summed E-state index contributed by atoms with van der Waals surface area (Å²) in [5.74, 6) is 0.740. The van der Waals surface area contributed by atoms with Crippen LogP contribution in [0.1, 0.15) is 18.5 Å². The van der Waals surface area contributed by atoms with Crippen molar-refractivity contribution in [2.24, 2.45) is 5.92 Å². The van der Waals surface area contributed by atoms with Gasteiger partial charge in [0.1, 0.15) is 0 Å². The first-order valence-corrected chi connectivity index (χ1v) is 4.29. The van der Waals surface area contributed by atoms with Gasteiger partial charge in [0.15, 0.2) is 0 Å². The predicted molar refractivity (Wildman–Crippen MR) is 46.0 cm³/mol. The van der Waals surface area contributed by atoms with Crippen molar-refractivity contribution in [3.8, 4) is 0 Å². The highest BCUT2D eigenvalue weighted by molar-refractivity contribution is 4.96. The topological polar surface area (TPSA) is 34.9 Å². The van der Waals surface area contributed by atoms with Gasteiger partial charge in [0, 0.05) is 18.4 Å². The fourth-order valence-corrected chi connectivity index (χ4v) is 1.31. The highest BCUT2D eigenvalue weighted by Crippen LogP contribution is 2.30. The Bertz CT molecular complexity index is 339. The molecular weight excluding hydrogens is 152 g/mol. The number of nitrogens with zero attached hydrogens (tertiary/aromatic N) is 2. The molecule has 1 aromatic rings. The van der Waals surface area contributed by atoms with E-state index in [1.54, 1.807) is 6.20 Å². The second-order valence-corrected chi connectivity index (χ2v) is 3.44. The molecule has 0 unspecified atom stereocenters. The van der Waals surface area contributed by atoms with Crippen molar-refractivity contribution in [3.05, 3.63) is 28.4 Å². The second-order valence-electron chi connectivity index (χ2n) is 3.44. The van der Waals surface area contributed by atoms with Gasteiger partial charge in [0.2, 0.25) is 0 Å². The maximum absolute atomic E-state index is 11.3. The van der Waals surface area contributed by atoms with Gasteiger partial charge in [0.05, 0.1) is 6.20 Å². The third-order valence-electron chi connectivity index (χ3n) is 2.28. The summed E-state index contributed by atoms with van der Waals surface area (Å²) in [7, 11) is 0. The van der Waals surface area contributed by atoms with Crippen LogP contribution in [0.15, 0.2) is 17.2 Å². The smallest absolute Gasteiger partial charge is 0.269 e. The number of hydrogen-bond donors (Lipinski definition) is 0. The van der Waals surface area contributed by atoms with E-state index < -0.39 is 0 Å². The standard InChI is InChI=1S/C9H12N2O/c1-7-4-10-5-9(12)11(7)6-8-2-3-8/h4-5,8H,2-3,6H2,1H3. The van der Waals surface area contributed by atoms with Gasteiger partial charge in [-0.25, -0.2) is 0 Å². The van der Waals surface area contributed by atoms with E-state index in [1.807, 2.05) is 11.5 Å². The molecule has 1 aliphatic carbocycles. The van der Waals surface area contributed by atoms with Crippen molar-refractivity contribution in [3.63, 3.8) is 0 Å². The molecule has 1 fully saturated rings. The first kappa shape index (κ1) is 7.53. The SMILES string of the molecule is Cc1cncc(=O)n1CC1CC1. The number of rotatable bonds is 2. The first-order chi connectivity index (χ1) is 5.77. The van der Waals surface area contributed by atoms with E-state index in [4.69, 9.17) is 0 Å². The van der Waals surface area contributed by atoms with Crippen molar-refractivity contribution in [1.82, 2.24) is 9.55 Å². The zero-order valence-corrected chi connectivity index (χ0v) is 7.16. The maximum Gasteiger partial charge on any atom is 0.269 e. The fraction of sp³-hybridized carbons (Fsp3) is 0.556. The summed E-state index contributed by atoms with van der Waals surface area (Å²) in [6.45, 7) is 2.81. The Balaban J connectivity index is 2.32. The molecule has 12 heavy (non-hydrogen) atoms. The molecule has 0 bridgehead atoms. The monoisotopic (exact) mass is 164 g/mol. The largest absolute Gasteiger partial charge is 0.310 e. The Kier molecular flexibility index (Phi) is 1.71. The Morgan fingerprint density at radius 1 is 1.58 bits per heavy atom. The Hall–Kier alpha value is -1.12. The second kappa shape index (κ2) is 2.73. The molecular formula is C9H12N2O. The third kappa shape index (κ3) is 1.40. The van der Waals surface area contributed by atoms with Crippen molar-refractivity contribution in [2.75, 3.05) is 0 Å². The molecule has 0 atom stereocenters. The summed E-state index contributed by atoms with van der Waals surface area (Å²) in [5, 5.41) is 0. The lowest BCUT2D eigenvalue weighted by molar-refractivity contribution is 0.586. The van der Waals surface area contributed by atoms with E-state index in [0.717, 1.165) is 18.2 Å². The lowest BCUT2D eigenvalue weighted by Gasteiger charge is -2.06. The highest BCUT2D eigenvalue weighted by Gasteiger charge is 2.22. The summed E-state index contributed by atoms with van der Waals surface area (Å²) in [5.41, 5.74) is 0.997. The zero-order chi connectivity index (χ0) is 8.55. The van der Waals surface area contributed by atoms with Gasteiger partial charge in [-0.1, -0.05) is 0 Å². The lowest BCUT2D eigenvalue weighted by Crippen LogP contribution is -2.22. The Morgan fingerprint density at radius 2 is 2.33 bits per heavy atom. The van der Waals surface area contributed by atoms with Crippen LogP contribution in [0.25, 0.3) is 0 Å². The van der Waals surface area contributed by atoms with Gasteiger partial charge < -0.3 is 4.57 Å². The normalized spacial score (nSPS) is 16.4. The maximum atomic E-state index is 11.3. The number of aryl methyl sites for hydroxylation is 1. The van der Waals surface area contributed by atoms with Crippen LogP contribution in [0.4, 0.5) is 0 Å². The van der Waals surface area contributed by atoms with Crippen LogP contribution in [0.2, 0.25) is 0 Å². The molecule has 1 saturated carbocycles. The minimum atomic E-state index is 0.0295. The minimum absolute atomic E-state index is 0.0295. The van der Waals surface area contributed by atoms with Crippen LogP contribution in [-0.4, -0.2) is 9.55 Å². The van der Waals surface area contributed by atoms with Crippen LogP contribution in [-0.2, 0) is 6.54 Å². The highest BCUT2D eigenvalue weighted by atomic mass is 16.1. The van der Waals surface area contributed by atoms with E-state index >= 15 is 0 Å². The molecule has 0 spiro atoms. The molecule has 0 aliphatic heterocycles. The van der Waals surface area contributed by atoms with Gasteiger partial charge in [-0.15, -0.1) is 0 Å². The fourth-order valence-electron chi connectivity index (χ4n) is 1.31. The van der Waals surface area contributed by atoms with Crippen LogP contribution in [0.3, 0.4) is 0 Å². The molecule has 1 aliphatic rings. The van der Waals surface area contributed by atoms with Crippen molar-refractivity contribution in [1.29, 1.82) is 0 Å². The quantitative estimate of drug-likeness (QED) is 0.652. The average molecular weight is 164 g/mol. The van der Waals surface area contributed by atoms with Gasteiger partial charge in [-0.3, -0.25) is 9.78 Å². The zero-order valence-electron chi connectivity index (χ0n) is 7.16. The summed E-state index contributed by atoms with van der Waals surface area (Å²) in [4.78, 5) is 15.1. The number of hydrogen-bond acceptors (Lipinski definition) is 2. The van der Waals surface area contributed by atoms with E-state index in [2.05, 4.69) is 4.98 Å². The molecule has 0 saturated heterocycles. The van der Waals surface area contributed by atoms with E-state index in [9.17, 15) is 4.79 Å².